The number of hydrogen-bond donors (Lipinski definition) is 1. The van der Waals surface area contributed by atoms with Crippen LogP contribution in [0.25, 0.3) is 0 Å². The molecule has 2 unspecified atom stereocenters. The number of hydrogen-bond acceptors (Lipinski definition) is 3. The minimum Gasteiger partial charge on any atom is -0.353 e. The molecule has 2 aliphatic rings. The Balaban J connectivity index is 2.22. The molecule has 6 heavy (non-hydrogen) atoms. The Morgan fingerprint density at radius 3 is 2.67 bits per heavy atom. The van der Waals surface area contributed by atoms with Crippen LogP contribution in [0.15, 0.2) is 0 Å². The summed E-state index contributed by atoms with van der Waals surface area (Å²) < 4.78 is 5.02. The van der Waals surface area contributed by atoms with Gasteiger partial charge in [0.15, 0.2) is 4.27 Å². The third kappa shape index (κ3) is 0.255. The molecule has 0 aliphatic carbocycles. The van der Waals surface area contributed by atoms with Crippen molar-refractivity contribution < 1.29 is 4.74 Å². The average Bonchev–Trinajstić information content (AvgIpc) is 1.88. The highest BCUT2D eigenvalue weighted by molar-refractivity contribution is 8.19. The van der Waals surface area contributed by atoms with Crippen LogP contribution < -0.4 is 0 Å². The Labute approximate surface area is 45.8 Å². The first-order valence-corrected chi connectivity index (χ1v) is 3.18. The quantitative estimate of drug-likeness (QED) is 0.372. The van der Waals surface area contributed by atoms with Gasteiger partial charge in [-0.1, -0.05) is 0 Å². The summed E-state index contributed by atoms with van der Waals surface area (Å²) in [4.78, 5) is 0. The van der Waals surface area contributed by atoms with Crippen molar-refractivity contribution in [3.8, 4) is 0 Å². The molecule has 2 saturated heterocycles. The van der Waals surface area contributed by atoms with E-state index in [1.165, 1.54) is 0 Å². The Hall–Kier alpha value is 0.660. The number of ether oxygens (including phenoxy) is 1. The van der Waals surface area contributed by atoms with Gasteiger partial charge >= 0.3 is 0 Å². The lowest BCUT2D eigenvalue weighted by atomic mass is 10.4. The predicted octanol–water partition coefficient (Wildman–Crippen LogP) is 0.716. The Kier molecular flexibility index (Phi) is 0.465. The van der Waals surface area contributed by atoms with Gasteiger partial charge in [-0.2, -0.15) is 0 Å². The zero-order valence-electron chi connectivity index (χ0n) is 3.05. The molecule has 0 bridgehead atoms. The van der Waals surface area contributed by atoms with Crippen LogP contribution >= 0.6 is 24.4 Å². The molecule has 0 saturated carbocycles. The van der Waals surface area contributed by atoms with Crippen LogP contribution in [-0.2, 0) is 4.74 Å². The first-order valence-electron chi connectivity index (χ1n) is 1.85. The second kappa shape index (κ2) is 0.767. The van der Waals surface area contributed by atoms with Gasteiger partial charge in [0.05, 0.1) is 11.9 Å². The van der Waals surface area contributed by atoms with Crippen LogP contribution in [0.4, 0.5) is 0 Å². The molecule has 0 aromatic rings. The molecule has 2 rings (SSSR count). The van der Waals surface area contributed by atoms with E-state index in [1.54, 1.807) is 11.8 Å². The zero-order chi connectivity index (χ0) is 4.20. The van der Waals surface area contributed by atoms with E-state index in [1.807, 2.05) is 0 Å². The highest BCUT2D eigenvalue weighted by Crippen LogP contribution is 2.64. The molecular weight excluding hydrogens is 116 g/mol. The van der Waals surface area contributed by atoms with E-state index in [9.17, 15) is 0 Å². The lowest BCUT2D eigenvalue weighted by Crippen LogP contribution is -2.27. The van der Waals surface area contributed by atoms with Gasteiger partial charge in [0.1, 0.15) is 0 Å². The Morgan fingerprint density at radius 2 is 2.67 bits per heavy atom. The van der Waals surface area contributed by atoms with Crippen LogP contribution in [0.3, 0.4) is 0 Å². The molecule has 0 N–H and O–H groups in total. The van der Waals surface area contributed by atoms with E-state index < -0.39 is 0 Å². The van der Waals surface area contributed by atoms with Crippen LogP contribution in [0.2, 0.25) is 0 Å². The molecule has 2 fully saturated rings. The number of fused-ring (bicyclic) bond motifs is 1. The van der Waals surface area contributed by atoms with E-state index in [4.69, 9.17) is 4.74 Å². The fourth-order valence-electron chi connectivity index (χ4n) is 0.532. The molecule has 2 aliphatic heterocycles. The molecule has 2 heterocycles. The molecule has 0 aromatic carbocycles. The van der Waals surface area contributed by atoms with Crippen LogP contribution in [0, 0.1) is 0 Å². The van der Waals surface area contributed by atoms with Crippen LogP contribution in [0.5, 0.6) is 0 Å². The molecule has 0 spiro atoms. The third-order valence-electron chi connectivity index (χ3n) is 1.10. The largest absolute Gasteiger partial charge is 0.353 e. The molecule has 1 nitrogen and oxygen atoms in total. The van der Waals surface area contributed by atoms with Gasteiger partial charge in [-0.25, -0.2) is 0 Å². The zero-order valence-corrected chi connectivity index (χ0v) is 4.76. The van der Waals surface area contributed by atoms with Crippen molar-refractivity contribution in [1.82, 2.24) is 0 Å². The van der Waals surface area contributed by atoms with E-state index in [-0.39, 0.29) is 4.27 Å². The van der Waals surface area contributed by atoms with Crippen LogP contribution in [-0.4, -0.2) is 16.1 Å². The maximum atomic E-state index is 5.02. The summed E-state index contributed by atoms with van der Waals surface area (Å²) in [5, 5.41) is 0.737. The van der Waals surface area contributed by atoms with Gasteiger partial charge in [-0.15, -0.1) is 24.4 Å². The highest BCUT2D eigenvalue weighted by Gasteiger charge is 2.62. The second-order valence-electron chi connectivity index (χ2n) is 1.55. The monoisotopic (exact) mass is 120 g/mol. The lowest BCUT2D eigenvalue weighted by Gasteiger charge is -2.16. The number of thiol groups is 1. The van der Waals surface area contributed by atoms with Gasteiger partial charge in [0.25, 0.3) is 0 Å². The van der Waals surface area contributed by atoms with E-state index in [2.05, 4.69) is 12.6 Å². The van der Waals surface area contributed by atoms with E-state index in [0.717, 1.165) is 11.9 Å². The second-order valence-corrected chi connectivity index (χ2v) is 3.93. The van der Waals surface area contributed by atoms with Crippen molar-refractivity contribution in [3.05, 3.63) is 0 Å². The van der Waals surface area contributed by atoms with Gasteiger partial charge in [-0.05, 0) is 0 Å². The van der Waals surface area contributed by atoms with Crippen molar-refractivity contribution >= 4 is 24.4 Å². The fraction of sp³-hybridized carbons (Fsp3) is 1.00. The molecule has 34 valence electrons. The normalized spacial score (nSPS) is 62.5. The van der Waals surface area contributed by atoms with Crippen molar-refractivity contribution in [2.45, 2.75) is 9.52 Å². The molecule has 0 aromatic heterocycles. The van der Waals surface area contributed by atoms with Gasteiger partial charge < -0.3 is 4.74 Å². The SMILES string of the molecule is SC12OCC1S2. The highest BCUT2D eigenvalue weighted by atomic mass is 32.2. The summed E-state index contributed by atoms with van der Waals surface area (Å²) >= 11 is 5.96. The number of rotatable bonds is 0. The van der Waals surface area contributed by atoms with E-state index in [0.29, 0.717) is 0 Å². The van der Waals surface area contributed by atoms with Crippen molar-refractivity contribution in [3.63, 3.8) is 0 Å². The van der Waals surface area contributed by atoms with Crippen LogP contribution in [0.1, 0.15) is 0 Å². The summed E-state index contributed by atoms with van der Waals surface area (Å²) in [5.41, 5.74) is 0. The van der Waals surface area contributed by atoms with Gasteiger partial charge in [-0.3, -0.25) is 0 Å². The Morgan fingerprint density at radius 1 is 2.00 bits per heavy atom. The first kappa shape index (κ1) is 3.64. The standard InChI is InChI=1S/C3H4OS2/c5-3-2(6-3)1-4-3/h2,5H,1H2. The molecule has 3 heteroatoms. The summed E-state index contributed by atoms with van der Waals surface area (Å²) in [6.45, 7) is 0.925. The third-order valence-corrected chi connectivity index (χ3v) is 3.27. The predicted molar refractivity (Wildman–Crippen MR) is 29.0 cm³/mol. The minimum atomic E-state index is 0.000000000000000222. The Bertz CT molecular complexity index is 90.8. The molecular formula is C3H4OS2. The molecule has 2 atom stereocenters. The topological polar surface area (TPSA) is 9.23 Å². The first-order chi connectivity index (χ1) is 2.81. The summed E-state index contributed by atoms with van der Waals surface area (Å²) in [6.07, 6.45) is 0. The summed E-state index contributed by atoms with van der Waals surface area (Å²) in [7, 11) is 0. The average molecular weight is 120 g/mol. The van der Waals surface area contributed by atoms with Crippen molar-refractivity contribution in [2.75, 3.05) is 6.61 Å². The van der Waals surface area contributed by atoms with Gasteiger partial charge in [0, 0.05) is 0 Å². The van der Waals surface area contributed by atoms with E-state index >= 15 is 0 Å². The van der Waals surface area contributed by atoms with Gasteiger partial charge in [0.2, 0.25) is 0 Å². The maximum Gasteiger partial charge on any atom is 0.172 e. The molecule has 0 radical (unpaired) electrons. The molecule has 0 amide bonds. The summed E-state index contributed by atoms with van der Waals surface area (Å²) in [6, 6.07) is 0. The fourth-order valence-corrected chi connectivity index (χ4v) is 1.81. The van der Waals surface area contributed by atoms with Crippen molar-refractivity contribution in [2.24, 2.45) is 0 Å². The number of thioether (sulfide) groups is 1. The maximum absolute atomic E-state index is 5.02. The summed E-state index contributed by atoms with van der Waals surface area (Å²) in [5.74, 6) is 0. The van der Waals surface area contributed by atoms with Crippen molar-refractivity contribution in [1.29, 1.82) is 0 Å². The minimum absolute atomic E-state index is 0.000000000000000222. The smallest absolute Gasteiger partial charge is 0.172 e. The lowest BCUT2D eigenvalue weighted by molar-refractivity contribution is 0.0313.